The van der Waals surface area contributed by atoms with Crippen LogP contribution in [0.1, 0.15) is 26.2 Å². The molecule has 0 amide bonds. The summed E-state index contributed by atoms with van der Waals surface area (Å²) in [6.45, 7) is 3.01. The van der Waals surface area contributed by atoms with Crippen molar-refractivity contribution in [3.8, 4) is 0 Å². The fraction of sp³-hybridized carbons (Fsp3) is 0.667. The van der Waals surface area contributed by atoms with E-state index in [-0.39, 0.29) is 23.5 Å². The first-order valence-electron chi connectivity index (χ1n) is 6.79. The highest BCUT2D eigenvalue weighted by atomic mass is 16.6. The Bertz CT molecular complexity index is 482. The minimum absolute atomic E-state index is 0.118. The molecule has 0 spiro atoms. The van der Waals surface area contributed by atoms with Crippen LogP contribution < -0.4 is 10.6 Å². The molecule has 0 bridgehead atoms. The Kier molecular flexibility index (Phi) is 4.67. The van der Waals surface area contributed by atoms with Gasteiger partial charge in [-0.25, -0.2) is 4.98 Å². The second-order valence-electron chi connectivity index (χ2n) is 4.85. The van der Waals surface area contributed by atoms with Gasteiger partial charge >= 0.3 is 5.69 Å². The Morgan fingerprint density at radius 2 is 2.30 bits per heavy atom. The van der Waals surface area contributed by atoms with Crippen molar-refractivity contribution in [1.29, 1.82) is 0 Å². The first kappa shape index (κ1) is 14.4. The van der Waals surface area contributed by atoms with Crippen molar-refractivity contribution in [3.63, 3.8) is 0 Å². The second-order valence-corrected chi connectivity index (χ2v) is 4.85. The highest BCUT2D eigenvalue weighted by molar-refractivity contribution is 5.56. The first-order valence-corrected chi connectivity index (χ1v) is 6.79. The number of hydrogen-bond acceptors (Lipinski definition) is 7. The normalized spacial score (nSPS) is 21.7. The predicted octanol–water partition coefficient (Wildman–Crippen LogP) is 1.39. The van der Waals surface area contributed by atoms with Gasteiger partial charge in [0.05, 0.1) is 11.0 Å². The number of aromatic nitrogens is 2. The van der Waals surface area contributed by atoms with Gasteiger partial charge in [0.2, 0.25) is 11.8 Å². The van der Waals surface area contributed by atoms with E-state index in [4.69, 9.17) is 0 Å². The fourth-order valence-electron chi connectivity index (χ4n) is 2.37. The van der Waals surface area contributed by atoms with E-state index in [0.29, 0.717) is 19.0 Å². The van der Waals surface area contributed by atoms with E-state index < -0.39 is 4.92 Å². The summed E-state index contributed by atoms with van der Waals surface area (Å²) in [6, 6.07) is 0. The van der Waals surface area contributed by atoms with Gasteiger partial charge in [0.1, 0.15) is 6.20 Å². The summed E-state index contributed by atoms with van der Waals surface area (Å²) < 4.78 is 0. The molecule has 1 saturated carbocycles. The van der Waals surface area contributed by atoms with Gasteiger partial charge in [-0.3, -0.25) is 10.1 Å². The van der Waals surface area contributed by atoms with Crippen molar-refractivity contribution in [3.05, 3.63) is 16.3 Å². The van der Waals surface area contributed by atoms with E-state index >= 15 is 0 Å². The van der Waals surface area contributed by atoms with Crippen LogP contribution in [0.4, 0.5) is 17.5 Å². The summed E-state index contributed by atoms with van der Waals surface area (Å²) in [4.78, 5) is 18.5. The highest BCUT2D eigenvalue weighted by Gasteiger charge is 2.26. The number of aliphatic hydroxyl groups excluding tert-OH is 1. The van der Waals surface area contributed by atoms with Crippen molar-refractivity contribution in [2.75, 3.05) is 23.7 Å². The van der Waals surface area contributed by atoms with Gasteiger partial charge in [-0.2, -0.15) is 4.98 Å². The largest absolute Gasteiger partial charge is 0.393 e. The predicted molar refractivity (Wildman–Crippen MR) is 74.7 cm³/mol. The Morgan fingerprint density at radius 3 is 2.90 bits per heavy atom. The Balaban J connectivity index is 2.10. The Hall–Kier alpha value is -1.96. The van der Waals surface area contributed by atoms with E-state index in [2.05, 4.69) is 20.6 Å². The van der Waals surface area contributed by atoms with Gasteiger partial charge in [-0.15, -0.1) is 0 Å². The van der Waals surface area contributed by atoms with Crippen molar-refractivity contribution in [2.45, 2.75) is 32.3 Å². The standard InChI is InChI=1S/C12H19N5O3/c1-2-13-12-15-7-9(17(19)20)11(16-12)14-6-8-4-3-5-10(8)18/h7-8,10,18H,2-6H2,1H3,(H2,13,14,15,16). The number of nitrogens with zero attached hydrogens (tertiary/aromatic N) is 3. The molecule has 0 radical (unpaired) electrons. The van der Waals surface area contributed by atoms with E-state index in [1.165, 1.54) is 6.20 Å². The lowest BCUT2D eigenvalue weighted by Gasteiger charge is -2.15. The SMILES string of the molecule is CCNc1ncc([N+](=O)[O-])c(NCC2CCCC2O)n1. The molecule has 2 unspecified atom stereocenters. The van der Waals surface area contributed by atoms with Crippen molar-refractivity contribution in [1.82, 2.24) is 9.97 Å². The molecule has 8 heteroatoms. The van der Waals surface area contributed by atoms with Crippen molar-refractivity contribution in [2.24, 2.45) is 5.92 Å². The number of nitrogens with one attached hydrogen (secondary N) is 2. The lowest BCUT2D eigenvalue weighted by molar-refractivity contribution is -0.384. The molecule has 3 N–H and O–H groups in total. The molecule has 1 fully saturated rings. The van der Waals surface area contributed by atoms with Crippen LogP contribution in [0.15, 0.2) is 6.20 Å². The number of anilines is 2. The lowest BCUT2D eigenvalue weighted by Crippen LogP contribution is -2.23. The monoisotopic (exact) mass is 281 g/mol. The summed E-state index contributed by atoms with van der Waals surface area (Å²) in [6.07, 6.45) is 3.56. The van der Waals surface area contributed by atoms with Gasteiger partial charge in [-0.05, 0) is 19.8 Å². The molecular formula is C12H19N5O3. The van der Waals surface area contributed by atoms with Crippen LogP contribution in [0.25, 0.3) is 0 Å². The summed E-state index contributed by atoms with van der Waals surface area (Å²) in [5, 5.41) is 26.6. The van der Waals surface area contributed by atoms with Gasteiger partial charge < -0.3 is 15.7 Å². The first-order chi connectivity index (χ1) is 9.61. The zero-order chi connectivity index (χ0) is 14.5. The van der Waals surface area contributed by atoms with Crippen LogP contribution in [-0.4, -0.2) is 39.2 Å². The van der Waals surface area contributed by atoms with Gasteiger partial charge in [0.15, 0.2) is 0 Å². The molecule has 8 nitrogen and oxygen atoms in total. The minimum atomic E-state index is -0.511. The molecule has 2 rings (SSSR count). The summed E-state index contributed by atoms with van der Waals surface area (Å²) in [5.41, 5.74) is -0.154. The third-order valence-electron chi connectivity index (χ3n) is 3.45. The molecule has 110 valence electrons. The smallest absolute Gasteiger partial charge is 0.329 e. The number of aliphatic hydroxyl groups is 1. The number of rotatable bonds is 6. The molecule has 1 heterocycles. The molecule has 20 heavy (non-hydrogen) atoms. The summed E-state index contributed by atoms with van der Waals surface area (Å²) >= 11 is 0. The maximum Gasteiger partial charge on any atom is 0.329 e. The highest BCUT2D eigenvalue weighted by Crippen LogP contribution is 2.27. The van der Waals surface area contributed by atoms with Crippen LogP contribution in [-0.2, 0) is 0 Å². The molecular weight excluding hydrogens is 262 g/mol. The fourth-order valence-corrected chi connectivity index (χ4v) is 2.37. The van der Waals surface area contributed by atoms with E-state index in [1.807, 2.05) is 6.92 Å². The van der Waals surface area contributed by atoms with Crippen LogP contribution in [0.2, 0.25) is 0 Å². The number of nitro groups is 1. The van der Waals surface area contributed by atoms with Crippen LogP contribution >= 0.6 is 0 Å². The summed E-state index contributed by atoms with van der Waals surface area (Å²) in [5.74, 6) is 0.666. The van der Waals surface area contributed by atoms with Crippen LogP contribution in [0, 0.1) is 16.0 Å². The third-order valence-corrected chi connectivity index (χ3v) is 3.45. The molecule has 0 aliphatic heterocycles. The van der Waals surface area contributed by atoms with E-state index in [0.717, 1.165) is 19.3 Å². The average molecular weight is 281 g/mol. The maximum atomic E-state index is 11.0. The third kappa shape index (κ3) is 3.32. The van der Waals surface area contributed by atoms with Gasteiger partial charge in [-0.1, -0.05) is 6.42 Å². The molecule has 1 aliphatic rings. The van der Waals surface area contributed by atoms with Crippen molar-refractivity contribution < 1.29 is 10.0 Å². The quantitative estimate of drug-likeness (QED) is 0.533. The lowest BCUT2D eigenvalue weighted by atomic mass is 10.1. The van der Waals surface area contributed by atoms with Crippen LogP contribution in [0.5, 0.6) is 0 Å². The summed E-state index contributed by atoms with van der Waals surface area (Å²) in [7, 11) is 0. The zero-order valence-corrected chi connectivity index (χ0v) is 11.4. The molecule has 2 atom stereocenters. The molecule has 1 aliphatic carbocycles. The maximum absolute atomic E-state index is 11.0. The van der Waals surface area contributed by atoms with Gasteiger partial charge in [0, 0.05) is 19.0 Å². The van der Waals surface area contributed by atoms with Crippen LogP contribution in [0.3, 0.4) is 0 Å². The second kappa shape index (κ2) is 6.47. The molecule has 1 aromatic heterocycles. The average Bonchev–Trinajstić information content (AvgIpc) is 2.82. The van der Waals surface area contributed by atoms with Crippen molar-refractivity contribution >= 4 is 17.5 Å². The van der Waals surface area contributed by atoms with E-state index in [9.17, 15) is 15.2 Å². The zero-order valence-electron chi connectivity index (χ0n) is 11.4. The Morgan fingerprint density at radius 1 is 1.50 bits per heavy atom. The molecule has 0 saturated heterocycles. The van der Waals surface area contributed by atoms with Gasteiger partial charge in [0.25, 0.3) is 0 Å². The topological polar surface area (TPSA) is 113 Å². The molecule has 0 aromatic carbocycles. The number of hydrogen-bond donors (Lipinski definition) is 3. The molecule has 1 aromatic rings. The Labute approximate surface area is 116 Å². The van der Waals surface area contributed by atoms with E-state index in [1.54, 1.807) is 0 Å². The minimum Gasteiger partial charge on any atom is -0.393 e.